The Morgan fingerprint density at radius 1 is 1.33 bits per heavy atom. The topological polar surface area (TPSA) is 49.3 Å². The van der Waals surface area contributed by atoms with Crippen LogP contribution in [-0.4, -0.2) is 24.2 Å². The number of hydrogen-bond donors (Lipinski definition) is 2. The number of carbonyl (C=O) groups is 1. The smallest absolute Gasteiger partial charge is 0.335 e. The summed E-state index contributed by atoms with van der Waals surface area (Å²) in [5.74, 6) is -0.315. The quantitative estimate of drug-likeness (QED) is 0.774. The van der Waals surface area contributed by atoms with E-state index in [9.17, 15) is 4.79 Å². The molecule has 2 N–H and O–H groups in total. The van der Waals surface area contributed by atoms with Crippen LogP contribution >= 0.6 is 0 Å². The van der Waals surface area contributed by atoms with Crippen molar-refractivity contribution in [3.63, 3.8) is 0 Å². The van der Waals surface area contributed by atoms with Crippen LogP contribution in [0.2, 0.25) is 0 Å². The molecule has 1 aromatic rings. The summed E-state index contributed by atoms with van der Waals surface area (Å²) >= 11 is 0. The first kappa shape index (κ1) is 10.2. The molecule has 1 aliphatic rings. The fourth-order valence-corrected chi connectivity index (χ4v) is 2.03. The average molecular weight is 205 g/mol. The number of aromatic carboxylic acids is 1. The summed E-state index contributed by atoms with van der Waals surface area (Å²) in [6, 6.07) is 7.24. The van der Waals surface area contributed by atoms with Crippen molar-refractivity contribution in [2.24, 2.45) is 0 Å². The molecule has 1 atom stereocenters. The van der Waals surface area contributed by atoms with Crippen LogP contribution in [0.15, 0.2) is 24.3 Å². The second kappa shape index (κ2) is 4.45. The van der Waals surface area contributed by atoms with Gasteiger partial charge in [0, 0.05) is 6.54 Å². The van der Waals surface area contributed by atoms with Gasteiger partial charge in [-0.2, -0.15) is 0 Å². The van der Waals surface area contributed by atoms with E-state index in [-0.39, 0.29) is 0 Å². The number of carboxylic acids is 1. The SMILES string of the molecule is O=C(O)c1ccc([C@H]2CCCNC2)cc1. The molecular weight excluding hydrogens is 190 g/mol. The Morgan fingerprint density at radius 2 is 2.07 bits per heavy atom. The molecule has 1 heterocycles. The average Bonchev–Trinajstić information content (AvgIpc) is 2.30. The van der Waals surface area contributed by atoms with E-state index in [1.807, 2.05) is 12.1 Å². The van der Waals surface area contributed by atoms with Gasteiger partial charge in [-0.3, -0.25) is 0 Å². The Balaban J connectivity index is 2.11. The molecule has 80 valence electrons. The largest absolute Gasteiger partial charge is 0.478 e. The Bertz CT molecular complexity index is 339. The van der Waals surface area contributed by atoms with Gasteiger partial charge in [-0.25, -0.2) is 4.79 Å². The van der Waals surface area contributed by atoms with Crippen molar-refractivity contribution in [3.8, 4) is 0 Å². The van der Waals surface area contributed by atoms with Crippen molar-refractivity contribution in [2.45, 2.75) is 18.8 Å². The molecule has 1 fully saturated rings. The Labute approximate surface area is 89.1 Å². The minimum Gasteiger partial charge on any atom is -0.478 e. The molecule has 2 rings (SSSR count). The Morgan fingerprint density at radius 3 is 2.60 bits per heavy atom. The standard InChI is InChI=1S/C12H15NO2/c14-12(15)10-5-3-9(4-6-10)11-2-1-7-13-8-11/h3-6,11,13H,1-2,7-8H2,(H,14,15)/t11-/m0/s1. The first-order valence-corrected chi connectivity index (χ1v) is 5.31. The first-order valence-electron chi connectivity index (χ1n) is 5.31. The molecule has 0 radical (unpaired) electrons. The maximum atomic E-state index is 10.7. The van der Waals surface area contributed by atoms with Gasteiger partial charge in [0.1, 0.15) is 0 Å². The number of benzene rings is 1. The van der Waals surface area contributed by atoms with Gasteiger partial charge in [0.15, 0.2) is 0 Å². The fraction of sp³-hybridized carbons (Fsp3) is 0.417. The lowest BCUT2D eigenvalue weighted by molar-refractivity contribution is 0.0697. The minimum atomic E-state index is -0.858. The van der Waals surface area contributed by atoms with Crippen LogP contribution in [0, 0.1) is 0 Å². The molecule has 0 unspecified atom stereocenters. The molecule has 0 saturated carbocycles. The van der Waals surface area contributed by atoms with Gasteiger partial charge >= 0.3 is 5.97 Å². The summed E-state index contributed by atoms with van der Waals surface area (Å²) in [6.07, 6.45) is 2.39. The molecule has 1 saturated heterocycles. The van der Waals surface area contributed by atoms with Crippen molar-refractivity contribution in [3.05, 3.63) is 35.4 Å². The van der Waals surface area contributed by atoms with Crippen LogP contribution in [-0.2, 0) is 0 Å². The van der Waals surface area contributed by atoms with E-state index in [0.29, 0.717) is 11.5 Å². The molecule has 0 bridgehead atoms. The van der Waals surface area contributed by atoms with Crippen molar-refractivity contribution >= 4 is 5.97 Å². The molecule has 3 nitrogen and oxygen atoms in total. The highest BCUT2D eigenvalue weighted by molar-refractivity contribution is 5.87. The van der Waals surface area contributed by atoms with Crippen LogP contribution in [0.4, 0.5) is 0 Å². The second-order valence-corrected chi connectivity index (χ2v) is 3.97. The summed E-state index contributed by atoms with van der Waals surface area (Å²) in [7, 11) is 0. The number of nitrogens with one attached hydrogen (secondary N) is 1. The van der Waals surface area contributed by atoms with E-state index < -0.39 is 5.97 Å². The van der Waals surface area contributed by atoms with E-state index >= 15 is 0 Å². The lowest BCUT2D eigenvalue weighted by Crippen LogP contribution is -2.28. The van der Waals surface area contributed by atoms with Crippen LogP contribution in [0.1, 0.15) is 34.7 Å². The lowest BCUT2D eigenvalue weighted by atomic mass is 9.91. The normalized spacial score (nSPS) is 21.2. The maximum absolute atomic E-state index is 10.7. The molecule has 0 aliphatic carbocycles. The Kier molecular flexibility index (Phi) is 3.02. The van der Waals surface area contributed by atoms with E-state index in [4.69, 9.17) is 5.11 Å². The molecule has 15 heavy (non-hydrogen) atoms. The fourth-order valence-electron chi connectivity index (χ4n) is 2.03. The summed E-state index contributed by atoms with van der Waals surface area (Å²) in [4.78, 5) is 10.7. The zero-order chi connectivity index (χ0) is 10.7. The molecule has 0 aromatic heterocycles. The molecular formula is C12H15NO2. The highest BCUT2D eigenvalue weighted by atomic mass is 16.4. The zero-order valence-corrected chi connectivity index (χ0v) is 8.57. The summed E-state index contributed by atoms with van der Waals surface area (Å²) in [5.41, 5.74) is 1.61. The van der Waals surface area contributed by atoms with Gasteiger partial charge in [-0.1, -0.05) is 12.1 Å². The Hall–Kier alpha value is -1.35. The van der Waals surface area contributed by atoms with E-state index in [1.54, 1.807) is 12.1 Å². The van der Waals surface area contributed by atoms with Gasteiger partial charge < -0.3 is 10.4 Å². The summed E-state index contributed by atoms with van der Waals surface area (Å²) in [5, 5.41) is 12.1. The summed E-state index contributed by atoms with van der Waals surface area (Å²) < 4.78 is 0. The predicted molar refractivity (Wildman–Crippen MR) is 58.2 cm³/mol. The van der Waals surface area contributed by atoms with Crippen LogP contribution < -0.4 is 5.32 Å². The summed E-state index contributed by atoms with van der Waals surface area (Å²) in [6.45, 7) is 2.11. The van der Waals surface area contributed by atoms with E-state index in [2.05, 4.69) is 5.32 Å². The lowest BCUT2D eigenvalue weighted by Gasteiger charge is -2.23. The molecule has 0 spiro atoms. The zero-order valence-electron chi connectivity index (χ0n) is 8.57. The highest BCUT2D eigenvalue weighted by Crippen LogP contribution is 2.23. The third kappa shape index (κ3) is 2.36. The van der Waals surface area contributed by atoms with Crippen molar-refractivity contribution in [1.29, 1.82) is 0 Å². The molecule has 1 aliphatic heterocycles. The van der Waals surface area contributed by atoms with Crippen LogP contribution in [0.25, 0.3) is 0 Å². The van der Waals surface area contributed by atoms with Crippen molar-refractivity contribution in [1.82, 2.24) is 5.32 Å². The number of rotatable bonds is 2. The van der Waals surface area contributed by atoms with Gasteiger partial charge in [-0.15, -0.1) is 0 Å². The molecule has 3 heteroatoms. The van der Waals surface area contributed by atoms with Gasteiger partial charge in [0.2, 0.25) is 0 Å². The number of hydrogen-bond acceptors (Lipinski definition) is 2. The number of carboxylic acid groups (broad SMARTS) is 1. The third-order valence-corrected chi connectivity index (χ3v) is 2.93. The highest BCUT2D eigenvalue weighted by Gasteiger charge is 2.15. The van der Waals surface area contributed by atoms with Crippen molar-refractivity contribution < 1.29 is 9.90 Å². The van der Waals surface area contributed by atoms with Crippen molar-refractivity contribution in [2.75, 3.05) is 13.1 Å². The monoisotopic (exact) mass is 205 g/mol. The predicted octanol–water partition coefficient (Wildman–Crippen LogP) is 1.85. The minimum absolute atomic E-state index is 0.363. The third-order valence-electron chi connectivity index (χ3n) is 2.93. The maximum Gasteiger partial charge on any atom is 0.335 e. The second-order valence-electron chi connectivity index (χ2n) is 3.97. The number of piperidine rings is 1. The van der Waals surface area contributed by atoms with E-state index in [0.717, 1.165) is 13.1 Å². The molecule has 0 amide bonds. The van der Waals surface area contributed by atoms with Crippen LogP contribution in [0.3, 0.4) is 0 Å². The first-order chi connectivity index (χ1) is 7.27. The van der Waals surface area contributed by atoms with E-state index in [1.165, 1.54) is 18.4 Å². The van der Waals surface area contributed by atoms with Gasteiger partial charge in [0.25, 0.3) is 0 Å². The van der Waals surface area contributed by atoms with Gasteiger partial charge in [-0.05, 0) is 43.0 Å². The molecule has 1 aromatic carbocycles. The van der Waals surface area contributed by atoms with Gasteiger partial charge in [0.05, 0.1) is 5.56 Å². The van der Waals surface area contributed by atoms with Crippen LogP contribution in [0.5, 0.6) is 0 Å².